The van der Waals surface area contributed by atoms with Gasteiger partial charge in [-0.1, -0.05) is 213 Å². The summed E-state index contributed by atoms with van der Waals surface area (Å²) in [6.07, 6.45) is 41.0. The fourth-order valence-corrected chi connectivity index (χ4v) is 7.82. The normalized spacial score (nSPS) is 14.3. The summed E-state index contributed by atoms with van der Waals surface area (Å²) < 4.78 is 23.3. The Kier molecular flexibility index (Phi) is 37.7. The number of unbranched alkanes of at least 4 members (excludes halogenated alkanes) is 30. The molecule has 0 rings (SSSR count). The quantitative estimate of drug-likeness (QED) is 0.0362. The Labute approximate surface area is 336 Å². The lowest BCUT2D eigenvalue weighted by atomic mass is 10.0. The van der Waals surface area contributed by atoms with Crippen molar-refractivity contribution in [1.29, 1.82) is 0 Å². The summed E-state index contributed by atoms with van der Waals surface area (Å²) in [6, 6.07) is -0.792. The second-order valence-electron chi connectivity index (χ2n) is 17.5. The molecule has 0 aliphatic carbocycles. The third-order valence-electron chi connectivity index (χ3n) is 10.8. The second-order valence-corrected chi connectivity index (χ2v) is 18.9. The Hall–Kier alpha value is -0.500. The van der Waals surface area contributed by atoms with Crippen molar-refractivity contribution in [3.8, 4) is 0 Å². The molecule has 2 N–H and O–H groups in total. The van der Waals surface area contributed by atoms with Gasteiger partial charge in [-0.2, -0.15) is 0 Å². The van der Waals surface area contributed by atoms with Gasteiger partial charge in [0.1, 0.15) is 13.2 Å². The molecule has 0 aromatic rings. The van der Waals surface area contributed by atoms with Crippen LogP contribution in [-0.4, -0.2) is 68.5 Å². The van der Waals surface area contributed by atoms with E-state index in [2.05, 4.69) is 19.2 Å². The Bertz CT molecular complexity index is 855. The molecule has 0 saturated heterocycles. The second kappa shape index (κ2) is 38.0. The summed E-state index contributed by atoms with van der Waals surface area (Å²) in [5, 5.41) is 13.9. The van der Waals surface area contributed by atoms with Crippen LogP contribution in [0.15, 0.2) is 0 Å². The molecule has 0 bridgehead atoms. The number of nitrogens with one attached hydrogen (secondary N) is 1. The van der Waals surface area contributed by atoms with Gasteiger partial charge >= 0.3 is 0 Å². The van der Waals surface area contributed by atoms with Crippen molar-refractivity contribution in [1.82, 2.24) is 5.32 Å². The predicted octanol–water partition coefficient (Wildman–Crippen LogP) is 12.3. The number of phosphoric acid groups is 1. The zero-order chi connectivity index (χ0) is 40.0. The van der Waals surface area contributed by atoms with E-state index < -0.39 is 20.0 Å². The smallest absolute Gasteiger partial charge is 0.268 e. The minimum absolute atomic E-state index is 0.0161. The van der Waals surface area contributed by atoms with E-state index in [-0.39, 0.29) is 19.1 Å². The Balaban J connectivity index is 4.26. The van der Waals surface area contributed by atoms with Crippen molar-refractivity contribution in [2.75, 3.05) is 40.9 Å². The average molecular weight is 789 g/mol. The van der Waals surface area contributed by atoms with E-state index in [0.717, 1.165) is 38.5 Å². The van der Waals surface area contributed by atoms with Crippen molar-refractivity contribution < 1.29 is 32.9 Å². The zero-order valence-corrected chi connectivity index (χ0v) is 37.6. The largest absolute Gasteiger partial charge is 0.756 e. The molecule has 0 aliphatic rings. The molecule has 0 fully saturated rings. The Morgan fingerprint density at radius 3 is 1.26 bits per heavy atom. The molecule has 0 radical (unpaired) electrons. The number of carbonyl (C=O) groups is 1. The molecular formula is C45H93N2O6P. The van der Waals surface area contributed by atoms with Crippen LogP contribution in [-0.2, 0) is 18.4 Å². The molecule has 0 saturated carbocycles. The first kappa shape index (κ1) is 53.5. The summed E-state index contributed by atoms with van der Waals surface area (Å²) in [4.78, 5) is 25.3. The highest BCUT2D eigenvalue weighted by atomic mass is 31.2. The van der Waals surface area contributed by atoms with Crippen molar-refractivity contribution in [3.63, 3.8) is 0 Å². The molecule has 1 unspecified atom stereocenters. The zero-order valence-electron chi connectivity index (χ0n) is 36.7. The van der Waals surface area contributed by atoms with Gasteiger partial charge in [-0.05, 0) is 12.8 Å². The van der Waals surface area contributed by atoms with Gasteiger partial charge in [0.15, 0.2) is 0 Å². The molecule has 0 heterocycles. The number of nitrogens with zero attached hydrogens (tertiary/aromatic N) is 1. The molecule has 8 nitrogen and oxygen atoms in total. The fraction of sp³-hybridized carbons (Fsp3) is 0.978. The topological polar surface area (TPSA) is 108 Å². The van der Waals surface area contributed by atoms with Crippen molar-refractivity contribution >= 4 is 13.7 Å². The van der Waals surface area contributed by atoms with Crippen LogP contribution in [0.25, 0.3) is 0 Å². The Morgan fingerprint density at radius 2 is 0.907 bits per heavy atom. The first-order valence-corrected chi connectivity index (χ1v) is 24.8. The van der Waals surface area contributed by atoms with Crippen LogP contribution in [0.4, 0.5) is 0 Å². The van der Waals surface area contributed by atoms with Crippen LogP contribution in [0.1, 0.15) is 232 Å². The average Bonchev–Trinajstić information content (AvgIpc) is 3.12. The molecular weight excluding hydrogens is 695 g/mol. The SMILES string of the molecule is CCCCCCCCCCCCCCCCCCCCCC(=O)N[C@@H](COP(=O)([O-])OCC[N+](C)(C)C)[C@H](O)CCCCCCCCCCCCCCC. The number of likely N-dealkylation sites (N-methyl/N-ethyl adjacent to an activating group) is 1. The van der Waals surface area contributed by atoms with Gasteiger partial charge in [0, 0.05) is 6.42 Å². The first-order valence-electron chi connectivity index (χ1n) is 23.4. The molecule has 9 heteroatoms. The van der Waals surface area contributed by atoms with Crippen LogP contribution < -0.4 is 10.2 Å². The maximum Gasteiger partial charge on any atom is 0.268 e. The van der Waals surface area contributed by atoms with Crippen molar-refractivity contribution in [3.05, 3.63) is 0 Å². The van der Waals surface area contributed by atoms with Crippen LogP contribution in [0.2, 0.25) is 0 Å². The third kappa shape index (κ3) is 39.7. The maximum absolute atomic E-state index is 12.9. The molecule has 3 atom stereocenters. The number of phosphoric ester groups is 1. The van der Waals surface area contributed by atoms with Gasteiger partial charge < -0.3 is 28.8 Å². The molecule has 0 aromatic heterocycles. The van der Waals surface area contributed by atoms with Gasteiger partial charge in [0.05, 0.1) is 39.9 Å². The number of carbonyl (C=O) groups excluding carboxylic acids is 1. The van der Waals surface area contributed by atoms with E-state index in [4.69, 9.17) is 9.05 Å². The van der Waals surface area contributed by atoms with Crippen LogP contribution in [0, 0.1) is 0 Å². The van der Waals surface area contributed by atoms with Crippen LogP contribution in [0.3, 0.4) is 0 Å². The molecule has 324 valence electrons. The summed E-state index contributed by atoms with van der Waals surface area (Å²) in [5.74, 6) is -0.160. The van der Waals surface area contributed by atoms with E-state index in [1.807, 2.05) is 21.1 Å². The fourth-order valence-electron chi connectivity index (χ4n) is 7.10. The van der Waals surface area contributed by atoms with Gasteiger partial charge in [-0.3, -0.25) is 9.36 Å². The van der Waals surface area contributed by atoms with E-state index in [1.165, 1.54) is 167 Å². The number of amides is 1. The predicted molar refractivity (Wildman–Crippen MR) is 229 cm³/mol. The van der Waals surface area contributed by atoms with Crippen molar-refractivity contribution in [2.24, 2.45) is 0 Å². The number of aliphatic hydroxyl groups is 1. The Morgan fingerprint density at radius 1 is 0.574 bits per heavy atom. The number of hydrogen-bond acceptors (Lipinski definition) is 6. The summed E-state index contributed by atoms with van der Waals surface area (Å²) in [7, 11) is 1.32. The van der Waals surface area contributed by atoms with Crippen LogP contribution in [0.5, 0.6) is 0 Å². The number of hydrogen-bond donors (Lipinski definition) is 2. The highest BCUT2D eigenvalue weighted by molar-refractivity contribution is 7.45. The van der Waals surface area contributed by atoms with Crippen molar-refractivity contribution in [2.45, 2.75) is 244 Å². The number of rotatable bonds is 43. The lowest BCUT2D eigenvalue weighted by molar-refractivity contribution is -0.870. The van der Waals surface area contributed by atoms with Gasteiger partial charge in [0.2, 0.25) is 5.91 Å². The summed E-state index contributed by atoms with van der Waals surface area (Å²) in [5.41, 5.74) is 0. The van der Waals surface area contributed by atoms with E-state index in [0.29, 0.717) is 23.9 Å². The first-order chi connectivity index (χ1) is 26.0. The lowest BCUT2D eigenvalue weighted by Crippen LogP contribution is -2.46. The number of quaternary nitrogens is 1. The van der Waals surface area contributed by atoms with Gasteiger partial charge in [-0.15, -0.1) is 0 Å². The maximum atomic E-state index is 12.9. The highest BCUT2D eigenvalue weighted by Crippen LogP contribution is 2.38. The molecule has 1 amide bonds. The minimum atomic E-state index is -4.56. The van der Waals surface area contributed by atoms with Crippen LogP contribution >= 0.6 is 7.82 Å². The molecule has 0 aromatic carbocycles. The lowest BCUT2D eigenvalue weighted by Gasteiger charge is -2.30. The van der Waals surface area contributed by atoms with Gasteiger partial charge in [-0.25, -0.2) is 0 Å². The monoisotopic (exact) mass is 789 g/mol. The van der Waals surface area contributed by atoms with E-state index in [1.54, 1.807) is 0 Å². The summed E-state index contributed by atoms with van der Waals surface area (Å²) in [6.45, 7) is 4.74. The molecule has 54 heavy (non-hydrogen) atoms. The van der Waals surface area contributed by atoms with E-state index in [9.17, 15) is 19.4 Å². The summed E-state index contributed by atoms with van der Waals surface area (Å²) >= 11 is 0. The molecule has 0 aliphatic heterocycles. The minimum Gasteiger partial charge on any atom is -0.756 e. The third-order valence-corrected chi connectivity index (χ3v) is 11.8. The van der Waals surface area contributed by atoms with E-state index >= 15 is 0 Å². The standard InChI is InChI=1S/C45H93N2O6P/c1-6-8-10-12-14-16-18-20-21-22-23-24-25-27-29-31-33-35-37-39-45(49)46-43(42-53-54(50,51)52-41-40-47(3,4)5)44(48)38-36-34-32-30-28-26-19-17-15-13-11-9-7-2/h43-44,48H,6-42H2,1-5H3,(H-,46,49,50,51)/t43-,44+/m0/s1. The molecule has 0 spiro atoms. The van der Waals surface area contributed by atoms with Gasteiger partial charge in [0.25, 0.3) is 7.82 Å². The number of aliphatic hydroxyl groups excluding tert-OH is 1. The highest BCUT2D eigenvalue weighted by Gasteiger charge is 2.24.